The van der Waals surface area contributed by atoms with E-state index in [0.29, 0.717) is 23.1 Å². The maximum absolute atomic E-state index is 13.1. The Hall–Kier alpha value is -2.75. The van der Waals surface area contributed by atoms with Crippen LogP contribution in [0.4, 0.5) is 0 Å². The predicted molar refractivity (Wildman–Crippen MR) is 105 cm³/mol. The number of hydrogen-bond acceptors (Lipinski definition) is 3. The Kier molecular flexibility index (Phi) is 6.17. The summed E-state index contributed by atoms with van der Waals surface area (Å²) in [6.45, 7) is 2.15. The lowest BCUT2D eigenvalue weighted by Gasteiger charge is -2.25. The third-order valence-electron chi connectivity index (χ3n) is 5.08. The SMILES string of the molecule is CCCCCCCC(C(=O)c1ccccc1)N1C(=O)c2ccccc2C1=O. The standard InChI is InChI=1S/C23H25NO3/c1-2-3-4-5-9-16-20(21(25)17-12-7-6-8-13-17)24-22(26)18-14-10-11-15-19(18)23(24)27/h6-8,10-15,20H,2-5,9,16H2,1H3. The van der Waals surface area contributed by atoms with Gasteiger partial charge in [-0.15, -0.1) is 0 Å². The van der Waals surface area contributed by atoms with Gasteiger partial charge in [0.25, 0.3) is 11.8 Å². The summed E-state index contributed by atoms with van der Waals surface area (Å²) in [4.78, 5) is 40.1. The van der Waals surface area contributed by atoms with Gasteiger partial charge in [-0.25, -0.2) is 0 Å². The highest BCUT2D eigenvalue weighted by molar-refractivity contribution is 6.23. The van der Waals surface area contributed by atoms with Gasteiger partial charge in [0, 0.05) is 5.56 Å². The normalized spacial score (nSPS) is 14.3. The Bertz CT molecular complexity index is 794. The minimum Gasteiger partial charge on any atom is -0.292 e. The third kappa shape index (κ3) is 4.00. The molecule has 0 spiro atoms. The van der Waals surface area contributed by atoms with Crippen LogP contribution in [0.1, 0.15) is 76.5 Å². The lowest BCUT2D eigenvalue weighted by molar-refractivity contribution is 0.0529. The van der Waals surface area contributed by atoms with Crippen molar-refractivity contribution in [2.75, 3.05) is 0 Å². The van der Waals surface area contributed by atoms with Crippen molar-refractivity contribution in [3.63, 3.8) is 0 Å². The molecule has 1 heterocycles. The van der Waals surface area contributed by atoms with E-state index < -0.39 is 6.04 Å². The van der Waals surface area contributed by atoms with Crippen molar-refractivity contribution in [1.82, 2.24) is 4.90 Å². The van der Waals surface area contributed by atoms with Crippen molar-refractivity contribution >= 4 is 17.6 Å². The van der Waals surface area contributed by atoms with Crippen molar-refractivity contribution in [3.05, 3.63) is 71.3 Å². The van der Waals surface area contributed by atoms with Crippen LogP contribution in [-0.2, 0) is 0 Å². The monoisotopic (exact) mass is 363 g/mol. The van der Waals surface area contributed by atoms with Crippen molar-refractivity contribution in [3.8, 4) is 0 Å². The molecule has 0 saturated carbocycles. The summed E-state index contributed by atoms with van der Waals surface area (Å²) < 4.78 is 0. The van der Waals surface area contributed by atoms with E-state index in [9.17, 15) is 14.4 Å². The van der Waals surface area contributed by atoms with Gasteiger partial charge in [0.15, 0.2) is 5.78 Å². The zero-order valence-electron chi connectivity index (χ0n) is 15.7. The number of unbranched alkanes of at least 4 members (excludes halogenated alkanes) is 4. The smallest absolute Gasteiger partial charge is 0.262 e. The molecule has 2 amide bonds. The van der Waals surface area contributed by atoms with Gasteiger partial charge in [0.05, 0.1) is 11.1 Å². The molecular weight excluding hydrogens is 338 g/mol. The van der Waals surface area contributed by atoms with Gasteiger partial charge in [-0.1, -0.05) is 81.5 Å². The second-order valence-electron chi connectivity index (χ2n) is 6.97. The number of benzene rings is 2. The van der Waals surface area contributed by atoms with Crippen LogP contribution in [0.2, 0.25) is 0 Å². The number of amides is 2. The van der Waals surface area contributed by atoms with Crippen LogP contribution < -0.4 is 0 Å². The first-order valence-corrected chi connectivity index (χ1v) is 9.71. The fourth-order valence-corrected chi connectivity index (χ4v) is 3.60. The van der Waals surface area contributed by atoms with E-state index in [1.54, 1.807) is 48.5 Å². The number of hydrogen-bond donors (Lipinski definition) is 0. The molecule has 0 fully saturated rings. The molecule has 1 atom stereocenters. The zero-order chi connectivity index (χ0) is 19.2. The topological polar surface area (TPSA) is 54.5 Å². The number of imide groups is 1. The Balaban J connectivity index is 1.85. The van der Waals surface area contributed by atoms with E-state index in [1.807, 2.05) is 6.07 Å². The highest BCUT2D eigenvalue weighted by Crippen LogP contribution is 2.28. The van der Waals surface area contributed by atoms with Crippen LogP contribution in [0.5, 0.6) is 0 Å². The minimum absolute atomic E-state index is 0.166. The number of rotatable bonds is 9. The third-order valence-corrected chi connectivity index (χ3v) is 5.08. The summed E-state index contributed by atoms with van der Waals surface area (Å²) in [6, 6.07) is 15.0. The van der Waals surface area contributed by atoms with Crippen molar-refractivity contribution < 1.29 is 14.4 Å². The van der Waals surface area contributed by atoms with E-state index >= 15 is 0 Å². The van der Waals surface area contributed by atoms with Gasteiger partial charge < -0.3 is 0 Å². The molecule has 2 aromatic carbocycles. The molecule has 0 saturated heterocycles. The molecule has 3 rings (SSSR count). The summed E-state index contributed by atoms with van der Waals surface area (Å²) in [5.74, 6) is -0.891. The number of fused-ring (bicyclic) bond motifs is 1. The summed E-state index contributed by atoms with van der Waals surface area (Å²) in [7, 11) is 0. The molecule has 1 aliphatic heterocycles. The maximum atomic E-state index is 13.1. The molecule has 2 aromatic rings. The van der Waals surface area contributed by atoms with Crippen molar-refractivity contribution in [1.29, 1.82) is 0 Å². The number of carbonyl (C=O) groups excluding carboxylic acids is 3. The van der Waals surface area contributed by atoms with E-state index in [1.165, 1.54) is 4.90 Å². The quantitative estimate of drug-likeness (QED) is 0.362. The van der Waals surface area contributed by atoms with Crippen molar-refractivity contribution in [2.24, 2.45) is 0 Å². The van der Waals surface area contributed by atoms with Gasteiger partial charge in [-0.3, -0.25) is 19.3 Å². The minimum atomic E-state index is -0.749. The van der Waals surface area contributed by atoms with Crippen LogP contribution in [0.25, 0.3) is 0 Å². The van der Waals surface area contributed by atoms with Gasteiger partial charge in [0.2, 0.25) is 0 Å². The largest absolute Gasteiger partial charge is 0.292 e. The first-order valence-electron chi connectivity index (χ1n) is 9.71. The molecule has 0 bridgehead atoms. The van der Waals surface area contributed by atoms with E-state index in [-0.39, 0.29) is 17.6 Å². The lowest BCUT2D eigenvalue weighted by atomic mass is 9.97. The predicted octanol–water partition coefficient (Wildman–Crippen LogP) is 4.89. The molecule has 140 valence electrons. The Morgan fingerprint density at radius 1 is 0.815 bits per heavy atom. The first-order chi connectivity index (χ1) is 13.1. The molecule has 4 nitrogen and oxygen atoms in total. The van der Waals surface area contributed by atoms with Crippen LogP contribution in [0.15, 0.2) is 54.6 Å². The Morgan fingerprint density at radius 3 is 1.96 bits per heavy atom. The Labute approximate surface area is 160 Å². The number of carbonyl (C=O) groups is 3. The van der Waals surface area contributed by atoms with Gasteiger partial charge >= 0.3 is 0 Å². The molecule has 0 aliphatic carbocycles. The average molecular weight is 363 g/mol. The lowest BCUT2D eigenvalue weighted by Crippen LogP contribution is -2.45. The molecule has 0 aromatic heterocycles. The first kappa shape index (κ1) is 19.0. The second kappa shape index (κ2) is 8.76. The number of ketones is 1. The molecular formula is C23H25NO3. The zero-order valence-corrected chi connectivity index (χ0v) is 15.7. The summed E-state index contributed by atoms with van der Waals surface area (Å²) >= 11 is 0. The van der Waals surface area contributed by atoms with E-state index in [2.05, 4.69) is 6.92 Å². The van der Waals surface area contributed by atoms with Gasteiger partial charge in [-0.05, 0) is 18.6 Å². The summed E-state index contributed by atoms with van der Waals surface area (Å²) in [5.41, 5.74) is 1.31. The highest BCUT2D eigenvalue weighted by atomic mass is 16.2. The maximum Gasteiger partial charge on any atom is 0.262 e. The molecule has 27 heavy (non-hydrogen) atoms. The molecule has 0 radical (unpaired) electrons. The highest BCUT2D eigenvalue weighted by Gasteiger charge is 2.42. The molecule has 1 aliphatic rings. The summed E-state index contributed by atoms with van der Waals surface area (Å²) in [5, 5.41) is 0. The van der Waals surface area contributed by atoms with Crippen LogP contribution in [0.3, 0.4) is 0 Å². The van der Waals surface area contributed by atoms with Crippen LogP contribution in [0, 0.1) is 0 Å². The van der Waals surface area contributed by atoms with E-state index in [4.69, 9.17) is 0 Å². The average Bonchev–Trinajstić information content (AvgIpc) is 2.96. The molecule has 0 N–H and O–H groups in total. The number of nitrogens with zero attached hydrogens (tertiary/aromatic N) is 1. The Morgan fingerprint density at radius 2 is 1.37 bits per heavy atom. The number of Topliss-reactive ketones (excluding diaryl/α,β-unsaturated/α-hetero) is 1. The van der Waals surface area contributed by atoms with Crippen LogP contribution in [-0.4, -0.2) is 28.5 Å². The van der Waals surface area contributed by atoms with Gasteiger partial charge in [-0.2, -0.15) is 0 Å². The van der Waals surface area contributed by atoms with Crippen molar-refractivity contribution in [2.45, 2.75) is 51.5 Å². The van der Waals surface area contributed by atoms with Gasteiger partial charge in [0.1, 0.15) is 6.04 Å². The summed E-state index contributed by atoms with van der Waals surface area (Å²) in [6.07, 6.45) is 5.72. The van der Waals surface area contributed by atoms with Crippen LogP contribution >= 0.6 is 0 Å². The fourth-order valence-electron chi connectivity index (χ4n) is 3.60. The second-order valence-corrected chi connectivity index (χ2v) is 6.97. The molecule has 4 heteroatoms. The van der Waals surface area contributed by atoms with E-state index in [0.717, 1.165) is 32.1 Å². The fraction of sp³-hybridized carbons (Fsp3) is 0.348. The molecule has 1 unspecified atom stereocenters.